The van der Waals surface area contributed by atoms with E-state index in [9.17, 15) is 0 Å². The molecule has 1 aromatic carbocycles. The van der Waals surface area contributed by atoms with Gasteiger partial charge in [-0.1, -0.05) is 17.3 Å². The van der Waals surface area contributed by atoms with Gasteiger partial charge < -0.3 is 9.09 Å². The molecule has 0 amide bonds. The smallest absolute Gasteiger partial charge is 0.246 e. The number of aryl methyl sites for hydroxylation is 2. The minimum Gasteiger partial charge on any atom is -0.338 e. The van der Waals surface area contributed by atoms with E-state index in [1.807, 2.05) is 13.1 Å². The zero-order chi connectivity index (χ0) is 11.8. The molecule has 0 saturated heterocycles. The molecule has 17 heavy (non-hydrogen) atoms. The fraction of sp³-hybridized carbons (Fsp3) is 0.231. The monoisotopic (exact) mass is 227 g/mol. The SMILES string of the molecule is Cc1ccc2ccn(Cc3nc(C)no3)c2c1. The van der Waals surface area contributed by atoms with E-state index in [-0.39, 0.29) is 0 Å². The molecule has 3 rings (SSSR count). The second kappa shape index (κ2) is 3.73. The maximum Gasteiger partial charge on any atom is 0.246 e. The van der Waals surface area contributed by atoms with E-state index in [4.69, 9.17) is 4.52 Å². The van der Waals surface area contributed by atoms with Crippen molar-refractivity contribution in [1.82, 2.24) is 14.7 Å². The largest absolute Gasteiger partial charge is 0.338 e. The molecule has 0 saturated carbocycles. The fourth-order valence-electron chi connectivity index (χ4n) is 1.98. The van der Waals surface area contributed by atoms with E-state index in [2.05, 4.69) is 45.9 Å². The van der Waals surface area contributed by atoms with Crippen molar-refractivity contribution in [3.8, 4) is 0 Å². The van der Waals surface area contributed by atoms with E-state index in [0.717, 1.165) is 0 Å². The number of hydrogen-bond acceptors (Lipinski definition) is 3. The highest BCUT2D eigenvalue weighted by Crippen LogP contribution is 2.18. The summed E-state index contributed by atoms with van der Waals surface area (Å²) in [6, 6.07) is 8.50. The molecule has 4 nitrogen and oxygen atoms in total. The van der Waals surface area contributed by atoms with Crippen molar-refractivity contribution in [2.24, 2.45) is 0 Å². The molecule has 0 unspecified atom stereocenters. The Hall–Kier alpha value is -2.10. The first-order chi connectivity index (χ1) is 8.22. The van der Waals surface area contributed by atoms with Gasteiger partial charge in [-0.3, -0.25) is 0 Å². The summed E-state index contributed by atoms with van der Waals surface area (Å²) < 4.78 is 7.26. The third kappa shape index (κ3) is 1.82. The quantitative estimate of drug-likeness (QED) is 0.676. The molecule has 0 atom stereocenters. The van der Waals surface area contributed by atoms with Crippen LogP contribution < -0.4 is 0 Å². The van der Waals surface area contributed by atoms with Crippen LogP contribution in [0.2, 0.25) is 0 Å². The average Bonchev–Trinajstić information content (AvgIpc) is 2.87. The Balaban J connectivity index is 2.03. The van der Waals surface area contributed by atoms with E-state index < -0.39 is 0 Å². The van der Waals surface area contributed by atoms with Gasteiger partial charge in [-0.15, -0.1) is 0 Å². The summed E-state index contributed by atoms with van der Waals surface area (Å²) in [5, 5.41) is 5.02. The third-order valence-corrected chi connectivity index (χ3v) is 2.80. The van der Waals surface area contributed by atoms with Gasteiger partial charge in [-0.05, 0) is 36.9 Å². The van der Waals surface area contributed by atoms with E-state index in [1.54, 1.807) is 0 Å². The normalized spacial score (nSPS) is 11.2. The van der Waals surface area contributed by atoms with Crippen LogP contribution in [0.3, 0.4) is 0 Å². The fourth-order valence-corrected chi connectivity index (χ4v) is 1.98. The zero-order valence-corrected chi connectivity index (χ0v) is 9.84. The van der Waals surface area contributed by atoms with Gasteiger partial charge in [0.15, 0.2) is 5.82 Å². The molecular formula is C13H13N3O. The van der Waals surface area contributed by atoms with Crippen LogP contribution in [-0.4, -0.2) is 14.7 Å². The van der Waals surface area contributed by atoms with Crippen LogP contribution in [0, 0.1) is 13.8 Å². The van der Waals surface area contributed by atoms with Gasteiger partial charge in [-0.2, -0.15) is 4.98 Å². The lowest BCUT2D eigenvalue weighted by Crippen LogP contribution is -1.98. The predicted octanol–water partition coefficient (Wildman–Crippen LogP) is 2.69. The predicted molar refractivity (Wildman–Crippen MR) is 64.8 cm³/mol. The standard InChI is InChI=1S/C13H13N3O/c1-9-3-4-11-5-6-16(12(11)7-9)8-13-14-10(2)15-17-13/h3-7H,8H2,1-2H3. The van der Waals surface area contributed by atoms with Crippen LogP contribution in [0.5, 0.6) is 0 Å². The van der Waals surface area contributed by atoms with Crippen LogP contribution >= 0.6 is 0 Å². The molecule has 0 N–H and O–H groups in total. The van der Waals surface area contributed by atoms with Gasteiger partial charge in [0.05, 0.1) is 0 Å². The van der Waals surface area contributed by atoms with Gasteiger partial charge >= 0.3 is 0 Å². The van der Waals surface area contributed by atoms with Gasteiger partial charge in [0, 0.05) is 11.7 Å². The zero-order valence-electron chi connectivity index (χ0n) is 9.84. The van der Waals surface area contributed by atoms with Gasteiger partial charge in [0.2, 0.25) is 5.89 Å². The molecule has 0 spiro atoms. The lowest BCUT2D eigenvalue weighted by atomic mass is 10.2. The highest BCUT2D eigenvalue weighted by atomic mass is 16.5. The van der Waals surface area contributed by atoms with E-state index in [1.165, 1.54) is 16.5 Å². The number of fused-ring (bicyclic) bond motifs is 1. The Labute approximate surface area is 98.9 Å². The third-order valence-electron chi connectivity index (χ3n) is 2.80. The Bertz CT molecular complexity index is 666. The minimum absolute atomic E-state index is 0.619. The van der Waals surface area contributed by atoms with Gasteiger partial charge in [0.1, 0.15) is 6.54 Å². The highest BCUT2D eigenvalue weighted by molar-refractivity contribution is 5.80. The second-order valence-corrected chi connectivity index (χ2v) is 4.24. The number of rotatable bonds is 2. The first-order valence-electron chi connectivity index (χ1n) is 5.57. The molecule has 3 aromatic rings. The van der Waals surface area contributed by atoms with Crippen LogP contribution in [0.4, 0.5) is 0 Å². The van der Waals surface area contributed by atoms with Gasteiger partial charge in [0.25, 0.3) is 0 Å². The number of aromatic nitrogens is 3. The summed E-state index contributed by atoms with van der Waals surface area (Å²) in [5.41, 5.74) is 2.44. The van der Waals surface area contributed by atoms with Crippen LogP contribution in [0.15, 0.2) is 35.0 Å². The molecule has 0 aliphatic rings. The average molecular weight is 227 g/mol. The molecule has 2 aromatic heterocycles. The Kier molecular flexibility index (Phi) is 2.21. The Morgan fingerprint density at radius 2 is 2.12 bits per heavy atom. The second-order valence-electron chi connectivity index (χ2n) is 4.24. The molecule has 86 valence electrons. The molecule has 0 fully saturated rings. The molecule has 0 radical (unpaired) electrons. The molecule has 2 heterocycles. The van der Waals surface area contributed by atoms with Crippen molar-refractivity contribution in [2.45, 2.75) is 20.4 Å². The summed E-state index contributed by atoms with van der Waals surface area (Å²) in [7, 11) is 0. The maximum absolute atomic E-state index is 5.13. The number of benzene rings is 1. The molecule has 0 aliphatic heterocycles. The lowest BCUT2D eigenvalue weighted by molar-refractivity contribution is 0.369. The molecule has 0 aliphatic carbocycles. The Morgan fingerprint density at radius 1 is 1.24 bits per heavy atom. The van der Waals surface area contributed by atoms with Crippen LogP contribution in [0.1, 0.15) is 17.3 Å². The van der Waals surface area contributed by atoms with Crippen molar-refractivity contribution >= 4 is 10.9 Å². The van der Waals surface area contributed by atoms with E-state index in [0.29, 0.717) is 18.3 Å². The molecule has 0 bridgehead atoms. The Morgan fingerprint density at radius 3 is 2.88 bits per heavy atom. The summed E-state index contributed by atoms with van der Waals surface area (Å²) in [4.78, 5) is 4.22. The topological polar surface area (TPSA) is 43.9 Å². The summed E-state index contributed by atoms with van der Waals surface area (Å²) in [6.45, 7) is 4.53. The minimum atomic E-state index is 0.619. The first-order valence-corrected chi connectivity index (χ1v) is 5.57. The number of nitrogens with zero attached hydrogens (tertiary/aromatic N) is 3. The van der Waals surface area contributed by atoms with Crippen molar-refractivity contribution in [3.05, 3.63) is 47.7 Å². The summed E-state index contributed by atoms with van der Waals surface area (Å²) in [6.07, 6.45) is 2.05. The molecular weight excluding hydrogens is 214 g/mol. The first kappa shape index (κ1) is 10.1. The van der Waals surface area contributed by atoms with Crippen LogP contribution in [0.25, 0.3) is 10.9 Å². The maximum atomic E-state index is 5.13. The van der Waals surface area contributed by atoms with Crippen molar-refractivity contribution in [2.75, 3.05) is 0 Å². The van der Waals surface area contributed by atoms with E-state index >= 15 is 0 Å². The van der Waals surface area contributed by atoms with Crippen molar-refractivity contribution in [3.63, 3.8) is 0 Å². The lowest BCUT2D eigenvalue weighted by Gasteiger charge is -2.02. The summed E-state index contributed by atoms with van der Waals surface area (Å²) >= 11 is 0. The van der Waals surface area contributed by atoms with Crippen molar-refractivity contribution < 1.29 is 4.52 Å². The molecule has 4 heteroatoms. The van der Waals surface area contributed by atoms with Crippen molar-refractivity contribution in [1.29, 1.82) is 0 Å². The number of hydrogen-bond donors (Lipinski definition) is 0. The van der Waals surface area contributed by atoms with Crippen LogP contribution in [-0.2, 0) is 6.54 Å². The summed E-state index contributed by atoms with van der Waals surface area (Å²) in [5.74, 6) is 1.31. The van der Waals surface area contributed by atoms with Gasteiger partial charge in [-0.25, -0.2) is 0 Å². The highest BCUT2D eigenvalue weighted by Gasteiger charge is 2.06.